The van der Waals surface area contributed by atoms with Gasteiger partial charge < -0.3 is 0 Å². The third kappa shape index (κ3) is 3.66. The summed E-state index contributed by atoms with van der Waals surface area (Å²) < 4.78 is 1.23. The molecule has 4 heteroatoms. The van der Waals surface area contributed by atoms with E-state index in [1.807, 2.05) is 6.07 Å². The van der Waals surface area contributed by atoms with E-state index >= 15 is 0 Å². The lowest BCUT2D eigenvalue weighted by molar-refractivity contribution is -0.00457. The Balaban J connectivity index is 1.37. The highest BCUT2D eigenvalue weighted by molar-refractivity contribution is 7.21. The summed E-state index contributed by atoms with van der Waals surface area (Å²) in [6.07, 6.45) is 6.47. The number of para-hydroxylation sites is 1. The van der Waals surface area contributed by atoms with Crippen LogP contribution in [0.25, 0.3) is 20.8 Å². The Labute approximate surface area is 146 Å². The van der Waals surface area contributed by atoms with Crippen LogP contribution in [0.15, 0.2) is 48.5 Å². The number of aromatic nitrogens is 1. The van der Waals surface area contributed by atoms with E-state index < -0.39 is 0 Å². The smallest absolute Gasteiger partial charge is 0.124 e. The van der Waals surface area contributed by atoms with E-state index in [9.17, 15) is 0 Å². The first-order valence-electron chi connectivity index (χ1n) is 8.71. The third-order valence-corrected chi connectivity index (χ3v) is 5.67. The summed E-state index contributed by atoms with van der Waals surface area (Å²) in [6, 6.07) is 17.3. The van der Waals surface area contributed by atoms with Crippen LogP contribution in [0.2, 0.25) is 0 Å². The molecule has 3 nitrogen and oxygen atoms in total. The third-order valence-electron chi connectivity index (χ3n) is 4.59. The Morgan fingerprint density at radius 3 is 2.58 bits per heavy atom. The Bertz CT molecular complexity index is 758. The van der Waals surface area contributed by atoms with Crippen LogP contribution in [0.3, 0.4) is 0 Å². The van der Waals surface area contributed by atoms with E-state index in [1.54, 1.807) is 11.3 Å². The van der Waals surface area contributed by atoms with Crippen molar-refractivity contribution in [2.75, 3.05) is 0 Å². The summed E-state index contributed by atoms with van der Waals surface area (Å²) in [6.45, 7) is 0.608. The average molecular weight is 338 g/mol. The number of benzene rings is 2. The quantitative estimate of drug-likeness (QED) is 0.640. The second kappa shape index (κ2) is 7.43. The topological polar surface area (TPSA) is 34.1 Å². The van der Waals surface area contributed by atoms with Crippen molar-refractivity contribution in [2.24, 2.45) is 0 Å². The molecule has 124 valence electrons. The number of fused-ring (bicyclic) bond motifs is 1. The van der Waals surface area contributed by atoms with Crippen LogP contribution in [0.5, 0.6) is 0 Å². The molecule has 2 aromatic carbocycles. The Kier molecular flexibility index (Phi) is 4.88. The molecule has 0 amide bonds. The zero-order chi connectivity index (χ0) is 16.2. The maximum Gasteiger partial charge on any atom is 0.124 e. The molecular formula is C20H22N2OS. The van der Waals surface area contributed by atoms with Gasteiger partial charge in [-0.15, -0.1) is 11.3 Å². The molecule has 0 spiro atoms. The van der Waals surface area contributed by atoms with E-state index in [-0.39, 0.29) is 0 Å². The van der Waals surface area contributed by atoms with Crippen molar-refractivity contribution in [3.05, 3.63) is 54.1 Å². The van der Waals surface area contributed by atoms with Gasteiger partial charge in [0.05, 0.1) is 16.8 Å². The molecule has 1 fully saturated rings. The molecule has 1 aliphatic rings. The number of nitrogens with one attached hydrogen (secondary N) is 1. The summed E-state index contributed by atoms with van der Waals surface area (Å²) in [4.78, 5) is 10.4. The molecule has 1 heterocycles. The number of rotatable bonds is 5. The fraction of sp³-hybridized carbons (Fsp3) is 0.350. The van der Waals surface area contributed by atoms with Crippen LogP contribution in [0.1, 0.15) is 37.7 Å². The van der Waals surface area contributed by atoms with Crippen LogP contribution >= 0.6 is 11.3 Å². The first-order chi connectivity index (χ1) is 11.9. The van der Waals surface area contributed by atoms with E-state index in [1.165, 1.54) is 47.9 Å². The van der Waals surface area contributed by atoms with Gasteiger partial charge in [-0.05, 0) is 30.5 Å². The molecule has 0 bridgehead atoms. The molecule has 1 aliphatic carbocycles. The molecule has 1 saturated carbocycles. The number of nitrogens with zero attached hydrogens (tertiary/aromatic N) is 1. The highest BCUT2D eigenvalue weighted by Crippen LogP contribution is 2.30. The molecule has 1 aromatic heterocycles. The lowest BCUT2D eigenvalue weighted by Crippen LogP contribution is -2.30. The molecular weight excluding hydrogens is 316 g/mol. The van der Waals surface area contributed by atoms with Gasteiger partial charge in [-0.3, -0.25) is 4.84 Å². The molecule has 0 radical (unpaired) electrons. The van der Waals surface area contributed by atoms with Gasteiger partial charge in [-0.2, -0.15) is 5.48 Å². The molecule has 1 N–H and O–H groups in total. The van der Waals surface area contributed by atoms with Gasteiger partial charge >= 0.3 is 0 Å². The first-order valence-corrected chi connectivity index (χ1v) is 9.52. The minimum absolute atomic E-state index is 0.528. The summed E-state index contributed by atoms with van der Waals surface area (Å²) in [5.74, 6) is 0. The van der Waals surface area contributed by atoms with E-state index in [2.05, 4.69) is 47.9 Å². The molecule has 4 rings (SSSR count). The van der Waals surface area contributed by atoms with Crippen molar-refractivity contribution in [3.63, 3.8) is 0 Å². The average Bonchev–Trinajstić information content (AvgIpc) is 3.07. The molecule has 0 aliphatic heterocycles. The monoisotopic (exact) mass is 338 g/mol. The molecule has 0 atom stereocenters. The second-order valence-corrected chi connectivity index (χ2v) is 7.46. The molecule has 24 heavy (non-hydrogen) atoms. The van der Waals surface area contributed by atoms with Crippen molar-refractivity contribution < 1.29 is 4.84 Å². The normalized spacial score (nSPS) is 15.8. The fourth-order valence-corrected chi connectivity index (χ4v) is 4.17. The number of hydrogen-bond acceptors (Lipinski definition) is 4. The van der Waals surface area contributed by atoms with E-state index in [4.69, 9.17) is 9.82 Å². The van der Waals surface area contributed by atoms with Gasteiger partial charge in [0.2, 0.25) is 0 Å². The number of hydrogen-bond donors (Lipinski definition) is 1. The van der Waals surface area contributed by atoms with Crippen LogP contribution in [0, 0.1) is 0 Å². The summed E-state index contributed by atoms with van der Waals surface area (Å²) in [5, 5.41) is 1.07. The minimum atomic E-state index is 0.528. The Morgan fingerprint density at radius 2 is 1.79 bits per heavy atom. The predicted molar refractivity (Wildman–Crippen MR) is 99.9 cm³/mol. The molecule has 3 aromatic rings. The van der Waals surface area contributed by atoms with Crippen LogP contribution in [-0.4, -0.2) is 11.0 Å². The Hall–Kier alpha value is -1.75. The highest BCUT2D eigenvalue weighted by atomic mass is 32.1. The van der Waals surface area contributed by atoms with Crippen LogP contribution in [0.4, 0.5) is 0 Å². The van der Waals surface area contributed by atoms with Gasteiger partial charge in [-0.25, -0.2) is 4.98 Å². The van der Waals surface area contributed by atoms with Gasteiger partial charge in [0.25, 0.3) is 0 Å². The standard InChI is InChI=1S/C20H22N2OS/c1-2-6-17(7-3-1)22-23-14-15-10-12-16(13-11-15)20-21-18-8-4-5-9-19(18)24-20/h4-5,8-13,17,22H,1-3,6-7,14H2. The summed E-state index contributed by atoms with van der Waals surface area (Å²) in [5.41, 5.74) is 6.65. The largest absolute Gasteiger partial charge is 0.297 e. The van der Waals surface area contributed by atoms with Crippen molar-refractivity contribution in [3.8, 4) is 10.6 Å². The maximum absolute atomic E-state index is 5.69. The minimum Gasteiger partial charge on any atom is -0.297 e. The van der Waals surface area contributed by atoms with Crippen molar-refractivity contribution in [2.45, 2.75) is 44.8 Å². The molecule has 0 saturated heterocycles. The summed E-state index contributed by atoms with van der Waals surface area (Å²) in [7, 11) is 0. The zero-order valence-electron chi connectivity index (χ0n) is 13.7. The van der Waals surface area contributed by atoms with Gasteiger partial charge in [0.15, 0.2) is 0 Å². The fourth-order valence-electron chi connectivity index (χ4n) is 3.20. The predicted octanol–water partition coefficient (Wildman–Crippen LogP) is 5.32. The van der Waals surface area contributed by atoms with Crippen LogP contribution in [-0.2, 0) is 11.4 Å². The lowest BCUT2D eigenvalue weighted by Gasteiger charge is -2.22. The second-order valence-electron chi connectivity index (χ2n) is 6.43. The summed E-state index contributed by atoms with van der Waals surface area (Å²) >= 11 is 1.74. The van der Waals surface area contributed by atoms with Gasteiger partial charge in [0, 0.05) is 11.6 Å². The molecule has 0 unspecified atom stereocenters. The van der Waals surface area contributed by atoms with Gasteiger partial charge in [0.1, 0.15) is 5.01 Å². The number of hydroxylamine groups is 1. The SMILES string of the molecule is c1ccc2sc(-c3ccc(CONC4CCCCC4)cc3)nc2c1. The van der Waals surface area contributed by atoms with E-state index in [0.717, 1.165) is 10.5 Å². The first kappa shape index (κ1) is 15.8. The van der Waals surface area contributed by atoms with Gasteiger partial charge in [-0.1, -0.05) is 55.7 Å². The van der Waals surface area contributed by atoms with E-state index in [0.29, 0.717) is 12.6 Å². The van der Waals surface area contributed by atoms with Crippen molar-refractivity contribution >= 4 is 21.6 Å². The number of thiazole rings is 1. The zero-order valence-corrected chi connectivity index (χ0v) is 14.5. The van der Waals surface area contributed by atoms with Crippen LogP contribution < -0.4 is 5.48 Å². The lowest BCUT2D eigenvalue weighted by atomic mass is 9.96. The Morgan fingerprint density at radius 1 is 1.00 bits per heavy atom. The van der Waals surface area contributed by atoms with Crippen molar-refractivity contribution in [1.29, 1.82) is 0 Å². The highest BCUT2D eigenvalue weighted by Gasteiger charge is 2.12. The van der Waals surface area contributed by atoms with Crippen molar-refractivity contribution in [1.82, 2.24) is 10.5 Å². The maximum atomic E-state index is 5.69.